The number of aromatic nitrogens is 3. The minimum atomic E-state index is -4.94. The Kier molecular flexibility index (Phi) is 8.11. The van der Waals surface area contributed by atoms with Gasteiger partial charge < -0.3 is 19.1 Å². The van der Waals surface area contributed by atoms with E-state index in [0.717, 1.165) is 17.7 Å². The Morgan fingerprint density at radius 3 is 2.65 bits per heavy atom. The number of carbonyl (C=O) groups is 1. The zero-order chi connectivity index (χ0) is 37.1. The molecule has 2 aromatic heterocycles. The molecule has 4 fully saturated rings. The number of halogens is 6. The van der Waals surface area contributed by atoms with Crippen molar-refractivity contribution in [2.45, 2.75) is 101 Å². The van der Waals surface area contributed by atoms with Crippen LogP contribution in [0.5, 0.6) is 11.9 Å². The van der Waals surface area contributed by atoms with Gasteiger partial charge in [0.25, 0.3) is 0 Å². The van der Waals surface area contributed by atoms with Gasteiger partial charge in [0.05, 0.1) is 34.3 Å². The van der Waals surface area contributed by atoms with Gasteiger partial charge in [-0.3, -0.25) is 9.80 Å². The third-order valence-corrected chi connectivity index (χ3v) is 11.1. The van der Waals surface area contributed by atoms with E-state index in [-0.39, 0.29) is 60.8 Å². The van der Waals surface area contributed by atoms with Crippen molar-refractivity contribution in [1.29, 1.82) is 0 Å². The molecule has 0 radical (unpaired) electrons. The fourth-order valence-electron chi connectivity index (χ4n) is 8.92. The molecule has 1 unspecified atom stereocenters. The summed E-state index contributed by atoms with van der Waals surface area (Å²) in [4.78, 5) is 32.8. The molecule has 7 heterocycles. The van der Waals surface area contributed by atoms with Crippen molar-refractivity contribution in [3.63, 3.8) is 0 Å². The van der Waals surface area contributed by atoms with E-state index in [9.17, 15) is 22.4 Å². The second-order valence-electron chi connectivity index (χ2n) is 15.6. The first-order chi connectivity index (χ1) is 24.4. The van der Waals surface area contributed by atoms with Gasteiger partial charge in [-0.25, -0.2) is 18.6 Å². The Labute approximate surface area is 301 Å². The number of carbonyl (C=O) groups excluding carboxylic acids is 1. The molecule has 1 aromatic carbocycles. The monoisotopic (exact) mass is 748 g/mol. The molecule has 16 heteroatoms. The van der Waals surface area contributed by atoms with Crippen molar-refractivity contribution in [3.05, 3.63) is 46.8 Å². The minimum absolute atomic E-state index is 0.0235. The first-order valence-corrected chi connectivity index (χ1v) is 17.7. The van der Waals surface area contributed by atoms with Crippen molar-refractivity contribution in [2.24, 2.45) is 0 Å². The Hall–Kier alpha value is -3.98. The van der Waals surface area contributed by atoms with Crippen molar-refractivity contribution >= 4 is 34.4 Å². The standard InChI is InChI=1S/C36H38ClF5N6O4/c1-17-11-35(12-19(38)14-46(35)13-17)16-50-32-44-28-24-30(45-32)47-15-20-9-10-23(48(20)33(49)52-34(3,4)5)29(47)18(2)51-31(24)43-27(26(28)39)21-7-6-8-22(37)25(21)36(40,41)42/h6-8,18-20,23,29H,1,9-16H2,2-5H3/t18-,19+,20+,23-,29+,35?/m0/s1. The van der Waals surface area contributed by atoms with Crippen LogP contribution in [0.25, 0.3) is 22.2 Å². The molecule has 5 aliphatic heterocycles. The summed E-state index contributed by atoms with van der Waals surface area (Å²) in [5, 5.41) is -0.568. The van der Waals surface area contributed by atoms with Crippen LogP contribution in [0, 0.1) is 5.82 Å². The summed E-state index contributed by atoms with van der Waals surface area (Å²) in [6, 6.07) is 1.98. The highest BCUT2D eigenvalue weighted by atomic mass is 35.5. The number of hydrogen-bond acceptors (Lipinski definition) is 9. The molecule has 278 valence electrons. The lowest BCUT2D eigenvalue weighted by molar-refractivity contribution is -0.137. The molecule has 0 N–H and O–H groups in total. The molecule has 0 aliphatic carbocycles. The highest BCUT2D eigenvalue weighted by molar-refractivity contribution is 6.31. The molecule has 3 aromatic rings. The van der Waals surface area contributed by atoms with E-state index in [1.54, 1.807) is 32.6 Å². The van der Waals surface area contributed by atoms with Gasteiger partial charge in [0.15, 0.2) is 5.82 Å². The SMILES string of the molecule is C=C1CN2C[C@H](F)CC2(COc2nc3c4c(nc(-c5cccc(Cl)c5C(F)(F)F)c(F)c4n2)O[C@@H](C)[C@@H]2[C@@H]4CC[C@H](CN32)N4C(=O)OC(C)(C)C)C1. The van der Waals surface area contributed by atoms with Crippen molar-refractivity contribution in [1.82, 2.24) is 24.8 Å². The topological polar surface area (TPSA) is 93.2 Å². The molecule has 6 atom stereocenters. The average Bonchev–Trinajstić information content (AvgIpc) is 3.60. The molecule has 5 aliphatic rings. The van der Waals surface area contributed by atoms with E-state index >= 15 is 4.39 Å². The van der Waals surface area contributed by atoms with Crippen LogP contribution < -0.4 is 14.4 Å². The van der Waals surface area contributed by atoms with E-state index in [4.69, 9.17) is 30.8 Å². The average molecular weight is 749 g/mol. The van der Waals surface area contributed by atoms with Crippen LogP contribution >= 0.6 is 11.6 Å². The van der Waals surface area contributed by atoms with Crippen LogP contribution in [0.3, 0.4) is 0 Å². The predicted octanol–water partition coefficient (Wildman–Crippen LogP) is 7.36. The number of ether oxygens (including phenoxy) is 3. The number of rotatable bonds is 4. The van der Waals surface area contributed by atoms with Crippen LogP contribution in [-0.2, 0) is 10.9 Å². The lowest BCUT2D eigenvalue weighted by atomic mass is 9.93. The van der Waals surface area contributed by atoms with Gasteiger partial charge in [-0.2, -0.15) is 23.1 Å². The van der Waals surface area contributed by atoms with Crippen LogP contribution in [0.1, 0.15) is 58.9 Å². The maximum atomic E-state index is 16.9. The molecule has 1 amide bonds. The van der Waals surface area contributed by atoms with Crippen molar-refractivity contribution < 1.29 is 41.0 Å². The Balaban J connectivity index is 1.28. The van der Waals surface area contributed by atoms with Crippen LogP contribution in [0.15, 0.2) is 30.4 Å². The van der Waals surface area contributed by atoms with Crippen LogP contribution in [-0.4, -0.2) is 98.6 Å². The molecular weight excluding hydrogens is 711 g/mol. The quantitative estimate of drug-likeness (QED) is 0.201. The lowest BCUT2D eigenvalue weighted by Crippen LogP contribution is -2.65. The Bertz CT molecular complexity index is 1990. The molecule has 4 saturated heterocycles. The van der Waals surface area contributed by atoms with Gasteiger partial charge >= 0.3 is 18.3 Å². The predicted molar refractivity (Wildman–Crippen MR) is 182 cm³/mol. The summed E-state index contributed by atoms with van der Waals surface area (Å²) in [7, 11) is 0. The second-order valence-corrected chi connectivity index (χ2v) is 16.0. The van der Waals surface area contributed by atoms with E-state index in [1.807, 2.05) is 9.80 Å². The summed E-state index contributed by atoms with van der Waals surface area (Å²) in [5.74, 6) is -1.11. The van der Waals surface area contributed by atoms with E-state index in [0.29, 0.717) is 25.8 Å². The first-order valence-electron chi connectivity index (χ1n) is 17.3. The number of fused-ring (bicyclic) bond motifs is 6. The van der Waals surface area contributed by atoms with Gasteiger partial charge in [0.1, 0.15) is 46.9 Å². The zero-order valence-electron chi connectivity index (χ0n) is 29.1. The number of alkyl halides is 4. The molecule has 10 nitrogen and oxygen atoms in total. The number of pyridine rings is 1. The molecule has 0 spiro atoms. The molecule has 8 rings (SSSR count). The maximum absolute atomic E-state index is 16.9. The molecular formula is C36H38ClF5N6O4. The summed E-state index contributed by atoms with van der Waals surface area (Å²) < 4.78 is 93.2. The molecule has 52 heavy (non-hydrogen) atoms. The van der Waals surface area contributed by atoms with Crippen molar-refractivity contribution in [2.75, 3.05) is 31.1 Å². The number of piperazine rings is 1. The van der Waals surface area contributed by atoms with Gasteiger partial charge in [0.2, 0.25) is 5.88 Å². The largest absolute Gasteiger partial charge is 0.472 e. The van der Waals surface area contributed by atoms with Crippen molar-refractivity contribution in [3.8, 4) is 23.1 Å². The summed E-state index contributed by atoms with van der Waals surface area (Å²) in [6.45, 7) is 12.2. The fraction of sp³-hybridized carbons (Fsp3) is 0.556. The molecule has 0 saturated carbocycles. The van der Waals surface area contributed by atoms with Crippen LogP contribution in [0.4, 0.5) is 32.6 Å². The molecule has 2 bridgehead atoms. The van der Waals surface area contributed by atoms with Gasteiger partial charge in [0, 0.05) is 31.6 Å². The van der Waals surface area contributed by atoms with Crippen LogP contribution in [0.2, 0.25) is 5.02 Å². The number of hydrogen-bond donors (Lipinski definition) is 0. The summed E-state index contributed by atoms with van der Waals surface area (Å²) in [6.07, 6.45) is -5.20. The van der Waals surface area contributed by atoms with E-state index < -0.39 is 75.4 Å². The number of nitrogens with zero attached hydrogens (tertiary/aromatic N) is 6. The maximum Gasteiger partial charge on any atom is 0.418 e. The normalized spacial score (nSPS) is 28.5. The highest BCUT2D eigenvalue weighted by Crippen LogP contribution is 2.49. The minimum Gasteiger partial charge on any atom is -0.472 e. The summed E-state index contributed by atoms with van der Waals surface area (Å²) >= 11 is 6.05. The van der Waals surface area contributed by atoms with Gasteiger partial charge in [-0.05, 0) is 53.0 Å². The Morgan fingerprint density at radius 1 is 1.15 bits per heavy atom. The highest BCUT2D eigenvalue weighted by Gasteiger charge is 2.55. The van der Waals surface area contributed by atoms with E-state index in [2.05, 4.69) is 16.5 Å². The number of amides is 1. The fourth-order valence-corrected chi connectivity index (χ4v) is 9.20. The summed E-state index contributed by atoms with van der Waals surface area (Å²) in [5.41, 5.74) is -3.37. The van der Waals surface area contributed by atoms with E-state index in [1.165, 1.54) is 6.07 Å². The second kappa shape index (κ2) is 12.0. The lowest BCUT2D eigenvalue weighted by Gasteiger charge is -2.48. The smallest absolute Gasteiger partial charge is 0.418 e. The van der Waals surface area contributed by atoms with Gasteiger partial charge in [-0.1, -0.05) is 35.9 Å². The third kappa shape index (κ3) is 5.69. The van der Waals surface area contributed by atoms with Gasteiger partial charge in [-0.15, -0.1) is 0 Å². The Morgan fingerprint density at radius 2 is 1.92 bits per heavy atom. The number of anilines is 1. The third-order valence-electron chi connectivity index (χ3n) is 10.8. The number of benzene rings is 1. The first kappa shape index (κ1) is 35.1. The zero-order valence-corrected chi connectivity index (χ0v) is 29.8.